The lowest BCUT2D eigenvalue weighted by Gasteiger charge is -2.35. The van der Waals surface area contributed by atoms with Crippen LogP contribution in [0.25, 0.3) is 0 Å². The molecule has 9 heteroatoms. The van der Waals surface area contributed by atoms with E-state index in [0.717, 1.165) is 18.7 Å². The van der Waals surface area contributed by atoms with Crippen molar-refractivity contribution in [2.75, 3.05) is 45.3 Å². The molecular weight excluding hydrogens is 394 g/mol. The van der Waals surface area contributed by atoms with Gasteiger partial charge in [0.15, 0.2) is 0 Å². The number of carbonyl (C=O) groups is 1. The van der Waals surface area contributed by atoms with Crippen LogP contribution in [0.15, 0.2) is 53.4 Å². The Kier molecular flexibility index (Phi) is 6.86. The molecule has 2 aromatic carbocycles. The molecule has 1 atom stereocenters. The highest BCUT2D eigenvalue weighted by Gasteiger charge is 2.24. The summed E-state index contributed by atoms with van der Waals surface area (Å²) in [7, 11) is -2.69. The molecule has 3 rings (SSSR count). The van der Waals surface area contributed by atoms with Crippen LogP contribution in [-0.4, -0.2) is 59.2 Å². The first-order valence-electron chi connectivity index (χ1n) is 9.26. The zero-order valence-electron chi connectivity index (χ0n) is 16.2. The summed E-state index contributed by atoms with van der Waals surface area (Å²) >= 11 is 0. The molecule has 1 aliphatic rings. The smallest absolute Gasteiger partial charge is 0.340 e. The number of nitrogens with one attached hydrogen (secondary N) is 1. The number of ether oxygens (including phenoxy) is 2. The highest BCUT2D eigenvalue weighted by Crippen LogP contribution is 2.25. The Labute approximate surface area is 170 Å². The van der Waals surface area contributed by atoms with Crippen LogP contribution in [0.5, 0.6) is 0 Å². The normalized spacial score (nSPS) is 16.2. The van der Waals surface area contributed by atoms with Crippen LogP contribution in [0.2, 0.25) is 0 Å². The van der Waals surface area contributed by atoms with Gasteiger partial charge < -0.3 is 14.8 Å². The second-order valence-electron chi connectivity index (χ2n) is 6.70. The summed E-state index contributed by atoms with van der Waals surface area (Å²) in [6.45, 7) is 3.45. The van der Waals surface area contributed by atoms with Crippen LogP contribution in [0.4, 0.5) is 5.69 Å². The molecule has 0 spiro atoms. The molecule has 2 aromatic rings. The molecule has 0 radical (unpaired) electrons. The van der Waals surface area contributed by atoms with Crippen LogP contribution in [0.1, 0.15) is 22.0 Å². The van der Waals surface area contributed by atoms with E-state index in [0.29, 0.717) is 25.4 Å². The number of sulfonamides is 1. The summed E-state index contributed by atoms with van der Waals surface area (Å²) in [5, 5.41) is 8.48. The standard InChI is InChI=1S/C20H25N3O5S/c1-27-20(24)17-13-16(29(21,25)26)7-8-18(17)22-14-19(15-5-3-2-4-6-15)23-9-11-28-12-10-23/h2-8,13,19,22H,9-12,14H2,1H3,(H2,21,25,26). The molecule has 3 N–H and O–H groups in total. The first-order chi connectivity index (χ1) is 13.9. The highest BCUT2D eigenvalue weighted by molar-refractivity contribution is 7.89. The zero-order chi connectivity index (χ0) is 20.9. The van der Waals surface area contributed by atoms with Crippen molar-refractivity contribution in [2.24, 2.45) is 5.14 Å². The summed E-state index contributed by atoms with van der Waals surface area (Å²) in [5.74, 6) is -0.638. The third-order valence-electron chi connectivity index (χ3n) is 4.88. The minimum Gasteiger partial charge on any atom is -0.465 e. The van der Waals surface area contributed by atoms with Crippen molar-refractivity contribution < 1.29 is 22.7 Å². The van der Waals surface area contributed by atoms with Gasteiger partial charge in [-0.1, -0.05) is 30.3 Å². The SMILES string of the molecule is COC(=O)c1cc(S(N)(=O)=O)ccc1NCC(c1ccccc1)N1CCOCC1. The zero-order valence-corrected chi connectivity index (χ0v) is 17.0. The van der Waals surface area contributed by atoms with Crippen molar-refractivity contribution in [2.45, 2.75) is 10.9 Å². The number of nitrogens with two attached hydrogens (primary N) is 1. The maximum absolute atomic E-state index is 12.2. The van der Waals surface area contributed by atoms with Gasteiger partial charge in [-0.25, -0.2) is 18.4 Å². The van der Waals surface area contributed by atoms with E-state index < -0.39 is 16.0 Å². The molecule has 8 nitrogen and oxygen atoms in total. The Hall–Kier alpha value is -2.46. The third-order valence-corrected chi connectivity index (χ3v) is 5.79. The molecule has 0 bridgehead atoms. The second kappa shape index (κ2) is 9.36. The van der Waals surface area contributed by atoms with Gasteiger partial charge in [0.05, 0.1) is 36.8 Å². The van der Waals surface area contributed by atoms with Crippen molar-refractivity contribution in [3.63, 3.8) is 0 Å². The molecule has 1 unspecified atom stereocenters. The van der Waals surface area contributed by atoms with E-state index in [4.69, 9.17) is 14.6 Å². The summed E-state index contributed by atoms with van der Waals surface area (Å²) < 4.78 is 33.6. The number of nitrogens with zero attached hydrogens (tertiary/aromatic N) is 1. The largest absolute Gasteiger partial charge is 0.465 e. The predicted molar refractivity (Wildman–Crippen MR) is 109 cm³/mol. The van der Waals surface area contributed by atoms with Crippen LogP contribution in [-0.2, 0) is 19.5 Å². The summed E-state index contributed by atoms with van der Waals surface area (Å²) in [6, 6.07) is 14.3. The minimum absolute atomic E-state index is 0.0588. The molecule has 1 aliphatic heterocycles. The van der Waals surface area contributed by atoms with E-state index >= 15 is 0 Å². The van der Waals surface area contributed by atoms with E-state index in [9.17, 15) is 13.2 Å². The van der Waals surface area contributed by atoms with E-state index in [2.05, 4.69) is 22.3 Å². The molecule has 1 fully saturated rings. The second-order valence-corrected chi connectivity index (χ2v) is 8.26. The fourth-order valence-corrected chi connectivity index (χ4v) is 3.90. The van der Waals surface area contributed by atoms with Crippen molar-refractivity contribution >= 4 is 21.7 Å². The number of methoxy groups -OCH3 is 1. The van der Waals surface area contributed by atoms with Crippen molar-refractivity contribution in [3.05, 3.63) is 59.7 Å². The Morgan fingerprint density at radius 2 is 1.90 bits per heavy atom. The van der Waals surface area contributed by atoms with E-state index in [1.54, 1.807) is 0 Å². The van der Waals surface area contributed by atoms with Crippen molar-refractivity contribution in [1.82, 2.24) is 4.90 Å². The fourth-order valence-electron chi connectivity index (χ4n) is 3.36. The Morgan fingerprint density at radius 1 is 1.21 bits per heavy atom. The minimum atomic E-state index is -3.93. The van der Waals surface area contributed by atoms with E-state index in [1.807, 2.05) is 18.2 Å². The molecule has 0 amide bonds. The molecular formula is C20H25N3O5S. The van der Waals surface area contributed by atoms with Crippen LogP contribution in [0.3, 0.4) is 0 Å². The van der Waals surface area contributed by atoms with Crippen LogP contribution < -0.4 is 10.5 Å². The number of morpholine rings is 1. The predicted octanol–water partition coefficient (Wildman–Crippen LogP) is 1.61. The number of hydrogen-bond acceptors (Lipinski definition) is 7. The quantitative estimate of drug-likeness (QED) is 0.656. The van der Waals surface area contributed by atoms with Gasteiger partial charge in [-0.15, -0.1) is 0 Å². The maximum Gasteiger partial charge on any atom is 0.340 e. The average molecular weight is 420 g/mol. The molecule has 0 saturated carbocycles. The number of rotatable bonds is 7. The van der Waals surface area contributed by atoms with Crippen molar-refractivity contribution in [1.29, 1.82) is 0 Å². The maximum atomic E-state index is 12.2. The summed E-state index contributed by atoms with van der Waals surface area (Å²) in [5.41, 5.74) is 1.74. The van der Waals surface area contributed by atoms with Crippen LogP contribution in [0, 0.1) is 0 Å². The lowest BCUT2D eigenvalue weighted by atomic mass is 10.0. The van der Waals surface area contributed by atoms with Gasteiger partial charge in [0, 0.05) is 25.3 Å². The molecule has 1 heterocycles. The number of anilines is 1. The van der Waals surface area contributed by atoms with Crippen LogP contribution >= 0.6 is 0 Å². The summed E-state index contributed by atoms with van der Waals surface area (Å²) in [4.78, 5) is 14.4. The number of hydrogen-bond donors (Lipinski definition) is 2. The van der Waals surface area contributed by atoms with Crippen molar-refractivity contribution in [3.8, 4) is 0 Å². The van der Waals surface area contributed by atoms with Gasteiger partial charge in [-0.2, -0.15) is 0 Å². The molecule has 0 aromatic heterocycles. The van der Waals surface area contributed by atoms with E-state index in [-0.39, 0.29) is 16.5 Å². The molecule has 29 heavy (non-hydrogen) atoms. The Morgan fingerprint density at radius 3 is 2.52 bits per heavy atom. The average Bonchev–Trinajstić information content (AvgIpc) is 2.74. The van der Waals surface area contributed by atoms with E-state index in [1.165, 1.54) is 25.3 Å². The van der Waals surface area contributed by atoms with Gasteiger partial charge >= 0.3 is 5.97 Å². The molecule has 156 valence electrons. The van der Waals surface area contributed by atoms with Gasteiger partial charge in [-0.05, 0) is 23.8 Å². The summed E-state index contributed by atoms with van der Waals surface area (Å²) in [6.07, 6.45) is 0. The van der Waals surface area contributed by atoms with Gasteiger partial charge in [-0.3, -0.25) is 4.90 Å². The number of carbonyl (C=O) groups excluding carboxylic acids is 1. The molecule has 0 aliphatic carbocycles. The first-order valence-corrected chi connectivity index (χ1v) is 10.8. The third kappa shape index (κ3) is 5.33. The number of primary sulfonamides is 1. The molecule has 1 saturated heterocycles. The van der Waals surface area contributed by atoms with Gasteiger partial charge in [0.1, 0.15) is 0 Å². The fraction of sp³-hybridized carbons (Fsp3) is 0.350. The lowest BCUT2D eigenvalue weighted by molar-refractivity contribution is 0.0187. The monoisotopic (exact) mass is 419 g/mol. The Balaban J connectivity index is 1.87. The topological polar surface area (TPSA) is 111 Å². The first kappa shape index (κ1) is 21.3. The Bertz CT molecular complexity index is 944. The number of benzene rings is 2. The number of esters is 1. The van der Waals surface area contributed by atoms with Gasteiger partial charge in [0.25, 0.3) is 0 Å². The lowest BCUT2D eigenvalue weighted by Crippen LogP contribution is -2.41. The highest BCUT2D eigenvalue weighted by atomic mass is 32.2. The van der Waals surface area contributed by atoms with Gasteiger partial charge in [0.2, 0.25) is 10.0 Å².